The Morgan fingerprint density at radius 2 is 1.22 bits per heavy atom. The van der Waals surface area contributed by atoms with Crippen molar-refractivity contribution in [2.75, 3.05) is 62.4 Å². The number of aromatic nitrogens is 6. The van der Waals surface area contributed by atoms with Gasteiger partial charge in [-0.1, -0.05) is 72.9 Å². The number of halogens is 2. The van der Waals surface area contributed by atoms with Gasteiger partial charge >= 0.3 is 0 Å². The number of hydrogen-bond donors (Lipinski definition) is 4. The maximum absolute atomic E-state index is 13.8. The molecule has 6 aromatic rings. The monoisotopic (exact) mass is 949 g/mol. The maximum Gasteiger partial charge on any atom is 0.256 e. The van der Waals surface area contributed by atoms with Crippen molar-refractivity contribution in [3.63, 3.8) is 0 Å². The molecule has 2 aromatic carbocycles. The molecular formula is C51H53Cl2N13O2. The van der Waals surface area contributed by atoms with E-state index in [0.717, 1.165) is 31.7 Å². The van der Waals surface area contributed by atoms with Crippen LogP contribution in [0.2, 0.25) is 10.0 Å². The minimum Gasteiger partial charge on any atom is -0.373 e. The number of piperazine rings is 1. The summed E-state index contributed by atoms with van der Waals surface area (Å²) in [5.74, 6) is 13.7. The van der Waals surface area contributed by atoms with Crippen LogP contribution in [0, 0.1) is 37.5 Å². The minimum absolute atomic E-state index is 0.0867. The third-order valence-corrected chi connectivity index (χ3v) is 12.6. The van der Waals surface area contributed by atoms with Crippen LogP contribution in [0.15, 0.2) is 73.1 Å². The number of aryl methyl sites for hydroxylation is 2. The van der Waals surface area contributed by atoms with Gasteiger partial charge in [-0.15, -0.1) is 0 Å². The summed E-state index contributed by atoms with van der Waals surface area (Å²) in [7, 11) is 3.47. The number of rotatable bonds is 11. The van der Waals surface area contributed by atoms with Crippen LogP contribution in [0.5, 0.6) is 0 Å². The molecule has 5 heterocycles. The second-order valence-electron chi connectivity index (χ2n) is 16.3. The normalized spacial score (nSPS) is 12.9. The molecule has 348 valence electrons. The molecule has 1 fully saturated rings. The number of benzene rings is 2. The van der Waals surface area contributed by atoms with Gasteiger partial charge in [0.1, 0.15) is 11.6 Å². The van der Waals surface area contributed by atoms with Crippen molar-refractivity contribution in [1.29, 1.82) is 0 Å². The van der Waals surface area contributed by atoms with Gasteiger partial charge in [0.25, 0.3) is 11.8 Å². The first kappa shape index (κ1) is 48.6. The van der Waals surface area contributed by atoms with E-state index >= 15 is 0 Å². The summed E-state index contributed by atoms with van der Waals surface area (Å²) in [5, 5.41) is 6.81. The van der Waals surface area contributed by atoms with E-state index in [0.29, 0.717) is 97.3 Å². The van der Waals surface area contributed by atoms with Gasteiger partial charge in [-0.05, 0) is 82.1 Å². The Morgan fingerprint density at radius 3 is 1.68 bits per heavy atom. The number of hydrogen-bond acceptors (Lipinski definition) is 13. The molecule has 1 atom stereocenters. The first-order valence-electron chi connectivity index (χ1n) is 22.3. The maximum atomic E-state index is 13.8. The lowest BCUT2D eigenvalue weighted by Crippen LogP contribution is -2.51. The van der Waals surface area contributed by atoms with Crippen molar-refractivity contribution < 1.29 is 9.59 Å². The van der Waals surface area contributed by atoms with Crippen molar-refractivity contribution >= 4 is 58.5 Å². The molecule has 2 amide bonds. The molecule has 4 aromatic heterocycles. The average molecular weight is 951 g/mol. The summed E-state index contributed by atoms with van der Waals surface area (Å²) in [6.07, 6.45) is 5.00. The second kappa shape index (κ2) is 21.6. The molecule has 68 heavy (non-hydrogen) atoms. The lowest BCUT2D eigenvalue weighted by atomic mass is 10.0. The Kier molecular flexibility index (Phi) is 15.4. The molecular weight excluding hydrogens is 898 g/mol. The van der Waals surface area contributed by atoms with E-state index < -0.39 is 6.17 Å². The molecule has 1 saturated heterocycles. The average Bonchev–Trinajstić information content (AvgIpc) is 3.33. The Labute approximate surface area is 407 Å². The number of amides is 2. The molecule has 0 spiro atoms. The Morgan fingerprint density at radius 1 is 0.721 bits per heavy atom. The lowest BCUT2D eigenvalue weighted by molar-refractivity contribution is 0.0559. The third-order valence-electron chi connectivity index (χ3n) is 11.9. The quantitative estimate of drug-likeness (QED) is 0.0726. The van der Waals surface area contributed by atoms with Crippen LogP contribution in [0.3, 0.4) is 0 Å². The molecule has 1 aliphatic rings. The Bertz CT molecular complexity index is 2970. The molecule has 0 saturated carbocycles. The van der Waals surface area contributed by atoms with Gasteiger partial charge in [-0.3, -0.25) is 14.5 Å². The number of carbonyl (C=O) groups is 2. The molecule has 6 N–H and O–H groups in total. The highest BCUT2D eigenvalue weighted by molar-refractivity contribution is 6.34. The molecule has 7 rings (SSSR count). The number of anilines is 4. The highest BCUT2D eigenvalue weighted by Gasteiger charge is 2.27. The summed E-state index contributed by atoms with van der Waals surface area (Å²) in [5.41, 5.74) is 18.8. The molecule has 1 aliphatic heterocycles. The lowest BCUT2D eigenvalue weighted by Gasteiger charge is -2.39. The Balaban J connectivity index is 1.02. The highest BCUT2D eigenvalue weighted by Crippen LogP contribution is 2.31. The first-order chi connectivity index (χ1) is 32.7. The van der Waals surface area contributed by atoms with Crippen molar-refractivity contribution in [2.45, 2.75) is 59.7 Å². The van der Waals surface area contributed by atoms with Crippen LogP contribution in [-0.2, 0) is 0 Å². The number of nitrogens with two attached hydrogens (primary N) is 2. The second-order valence-corrected chi connectivity index (χ2v) is 17.1. The Hall–Kier alpha value is -7.30. The SMILES string of the molecule is CCC(CC)N1CCN(C(=O)c2ccc(-c3nc(N)nc(C)c3C#Cc3ccc(NC(C)N(C)C(=O)c4ccc(-c5nc(N)nc(C)c5C#Cc5ccc(NC)nc5)cc4Cl)nc3)cc2Cl)CC1. The van der Waals surface area contributed by atoms with Crippen molar-refractivity contribution in [3.8, 4) is 46.2 Å². The zero-order chi connectivity index (χ0) is 48.6. The highest BCUT2D eigenvalue weighted by atomic mass is 35.5. The molecule has 0 aliphatic carbocycles. The molecule has 17 heteroatoms. The van der Waals surface area contributed by atoms with E-state index in [-0.39, 0.29) is 28.7 Å². The van der Waals surface area contributed by atoms with Gasteiger partial charge < -0.3 is 31.9 Å². The van der Waals surface area contributed by atoms with Crippen LogP contribution >= 0.6 is 23.2 Å². The van der Waals surface area contributed by atoms with Crippen LogP contribution < -0.4 is 22.1 Å². The third kappa shape index (κ3) is 11.1. The zero-order valence-electron chi connectivity index (χ0n) is 39.1. The zero-order valence-corrected chi connectivity index (χ0v) is 40.6. The van der Waals surface area contributed by atoms with Crippen LogP contribution in [0.25, 0.3) is 22.5 Å². The molecule has 0 radical (unpaired) electrons. The summed E-state index contributed by atoms with van der Waals surface area (Å²) in [6.45, 7) is 12.8. The number of nitrogens with zero attached hydrogens (tertiary/aromatic N) is 9. The van der Waals surface area contributed by atoms with Gasteiger partial charge in [-0.25, -0.2) is 29.9 Å². The molecule has 1 unspecified atom stereocenters. The van der Waals surface area contributed by atoms with Crippen molar-refractivity contribution in [2.24, 2.45) is 0 Å². The van der Waals surface area contributed by atoms with Crippen LogP contribution in [-0.4, -0.2) is 109 Å². The summed E-state index contributed by atoms with van der Waals surface area (Å²) < 4.78 is 0. The molecule has 15 nitrogen and oxygen atoms in total. The standard InChI is InChI=1S/C51H53Cl2N13O2/c1-8-37(9-2)65-22-24-66(25-23-65)49(68)41-19-15-36(27-43(41)53)47-39(31(4)60-51(55)63-47)17-11-34-13-21-45(58-29-34)61-32(5)64(7)48(67)40-18-14-35(26-42(40)52)46-38(30(3)59-50(54)62-46)16-10-33-12-20-44(56-6)57-28-33/h12-15,18-21,26-29,32,37H,8-9,22-25H2,1-7H3,(H,56,57)(H,58,61)(H2,54,59,62)(H2,55,60,63). The largest absolute Gasteiger partial charge is 0.373 e. The van der Waals surface area contributed by atoms with Gasteiger partial charge in [0.15, 0.2) is 0 Å². The topological polar surface area (TPSA) is 197 Å². The van der Waals surface area contributed by atoms with E-state index in [1.54, 1.807) is 69.8 Å². The summed E-state index contributed by atoms with van der Waals surface area (Å²) >= 11 is 13.6. The number of pyridine rings is 2. The number of carbonyl (C=O) groups excluding carboxylic acids is 2. The summed E-state index contributed by atoms with van der Waals surface area (Å²) in [4.78, 5) is 59.8. The van der Waals surface area contributed by atoms with Gasteiger partial charge in [0, 0.05) is 81.0 Å². The van der Waals surface area contributed by atoms with Gasteiger partial charge in [0.2, 0.25) is 11.9 Å². The van der Waals surface area contributed by atoms with E-state index in [1.807, 2.05) is 43.0 Å². The van der Waals surface area contributed by atoms with E-state index in [1.165, 1.54) is 4.90 Å². The molecule has 0 bridgehead atoms. The van der Waals surface area contributed by atoms with Gasteiger partial charge in [0.05, 0.1) is 61.2 Å². The minimum atomic E-state index is -0.485. The van der Waals surface area contributed by atoms with Crippen LogP contribution in [0.1, 0.15) is 88.0 Å². The van der Waals surface area contributed by atoms with Gasteiger partial charge in [-0.2, -0.15) is 0 Å². The fourth-order valence-corrected chi connectivity index (χ4v) is 8.48. The number of nitrogens with one attached hydrogen (secondary N) is 2. The first-order valence-corrected chi connectivity index (χ1v) is 23.0. The van der Waals surface area contributed by atoms with Crippen molar-refractivity contribution in [3.05, 3.63) is 128 Å². The number of nitrogen functional groups attached to an aromatic ring is 2. The van der Waals surface area contributed by atoms with Crippen LogP contribution in [0.4, 0.5) is 23.5 Å². The van der Waals surface area contributed by atoms with Crippen molar-refractivity contribution in [1.82, 2.24) is 44.6 Å². The predicted molar refractivity (Wildman–Crippen MR) is 270 cm³/mol. The fourth-order valence-electron chi connectivity index (χ4n) is 7.96. The fraction of sp³-hybridized carbons (Fsp3) is 0.294. The predicted octanol–water partition coefficient (Wildman–Crippen LogP) is 7.80. The van der Waals surface area contributed by atoms with E-state index in [4.69, 9.17) is 34.7 Å². The van der Waals surface area contributed by atoms with E-state index in [9.17, 15) is 9.59 Å². The smallest absolute Gasteiger partial charge is 0.256 e. The van der Waals surface area contributed by atoms with E-state index in [2.05, 4.69) is 83.0 Å². The summed E-state index contributed by atoms with van der Waals surface area (Å²) in [6, 6.07) is 18.2.